The van der Waals surface area contributed by atoms with E-state index in [4.69, 9.17) is 5.11 Å². The highest BCUT2D eigenvalue weighted by Gasteiger charge is 2.18. The maximum Gasteiger partial charge on any atom is 0.304 e. The fourth-order valence-electron chi connectivity index (χ4n) is 1.11. The largest absolute Gasteiger partial charge is 0.481 e. The van der Waals surface area contributed by atoms with Gasteiger partial charge >= 0.3 is 5.97 Å². The number of hydrogen-bond acceptors (Lipinski definition) is 3. The summed E-state index contributed by atoms with van der Waals surface area (Å²) in [6, 6.07) is 0.762. The molecule has 1 heterocycles. The van der Waals surface area contributed by atoms with Crippen LogP contribution >= 0.6 is 0 Å². The third kappa shape index (κ3) is 3.37. The molecule has 0 aliphatic carbocycles. The number of carboxylic acids is 1. The zero-order chi connectivity index (χ0) is 11.5. The summed E-state index contributed by atoms with van der Waals surface area (Å²) in [6.07, 6.45) is 2.57. The number of hydrogen-bond donors (Lipinski definition) is 3. The zero-order valence-electron chi connectivity index (χ0n) is 8.10. The summed E-state index contributed by atoms with van der Waals surface area (Å²) in [5.74, 6) is -1.04. The van der Waals surface area contributed by atoms with Crippen LogP contribution in [0, 0.1) is 0 Å². The molecule has 0 saturated carbocycles. The summed E-state index contributed by atoms with van der Waals surface area (Å²) in [5.41, 5.74) is 0. The van der Waals surface area contributed by atoms with Crippen LogP contribution in [-0.4, -0.2) is 30.5 Å². The second-order valence-electron chi connectivity index (χ2n) is 3.17. The second-order valence-corrected chi connectivity index (χ2v) is 4.88. The highest BCUT2D eigenvalue weighted by Crippen LogP contribution is 2.07. The lowest BCUT2D eigenvalue weighted by molar-refractivity contribution is -0.137. The maximum absolute atomic E-state index is 11.6. The molecular formula is C8H12N2O4S. The molecule has 84 valence electrons. The number of nitrogens with one attached hydrogen (secondary N) is 2. The third-order valence-electron chi connectivity index (χ3n) is 1.72. The first kappa shape index (κ1) is 11.7. The number of carboxylic acid groups (broad SMARTS) is 1. The molecule has 3 N–H and O–H groups in total. The van der Waals surface area contributed by atoms with E-state index in [9.17, 15) is 13.2 Å². The van der Waals surface area contributed by atoms with Crippen molar-refractivity contribution in [3.63, 3.8) is 0 Å². The molecule has 0 aliphatic rings. The summed E-state index contributed by atoms with van der Waals surface area (Å²) in [5, 5.41) is 8.47. The molecule has 0 aliphatic heterocycles. The van der Waals surface area contributed by atoms with Crippen LogP contribution in [0.4, 0.5) is 0 Å². The van der Waals surface area contributed by atoms with Gasteiger partial charge in [0.25, 0.3) is 0 Å². The summed E-state index contributed by atoms with van der Waals surface area (Å²) in [4.78, 5) is 13.1. The topological polar surface area (TPSA) is 99.3 Å². The maximum atomic E-state index is 11.6. The molecule has 0 amide bonds. The van der Waals surface area contributed by atoms with Crippen molar-refractivity contribution in [2.45, 2.75) is 24.3 Å². The van der Waals surface area contributed by atoms with Crippen molar-refractivity contribution in [2.75, 3.05) is 0 Å². The first-order valence-electron chi connectivity index (χ1n) is 4.29. The van der Waals surface area contributed by atoms with Crippen molar-refractivity contribution < 1.29 is 18.3 Å². The monoisotopic (exact) mass is 232 g/mol. The average Bonchev–Trinajstić information content (AvgIpc) is 2.51. The van der Waals surface area contributed by atoms with Crippen molar-refractivity contribution in [1.29, 1.82) is 0 Å². The summed E-state index contributed by atoms with van der Waals surface area (Å²) < 4.78 is 25.4. The molecule has 1 aromatic rings. The van der Waals surface area contributed by atoms with Gasteiger partial charge in [-0.15, -0.1) is 0 Å². The Bertz CT molecular complexity index is 424. The predicted octanol–water partition coefficient (Wildman–Crippen LogP) is 0.156. The molecule has 1 atom stereocenters. The first-order chi connectivity index (χ1) is 6.92. The molecule has 6 nitrogen and oxygen atoms in total. The van der Waals surface area contributed by atoms with E-state index in [1.807, 2.05) is 0 Å². The molecule has 0 spiro atoms. The summed E-state index contributed by atoms with van der Waals surface area (Å²) in [7, 11) is -3.61. The number of aromatic amines is 1. The minimum atomic E-state index is -3.61. The first-order valence-corrected chi connectivity index (χ1v) is 5.77. The number of aromatic nitrogens is 1. The highest BCUT2D eigenvalue weighted by molar-refractivity contribution is 7.89. The van der Waals surface area contributed by atoms with Crippen LogP contribution < -0.4 is 4.72 Å². The predicted molar refractivity (Wildman–Crippen MR) is 52.8 cm³/mol. The highest BCUT2D eigenvalue weighted by atomic mass is 32.2. The van der Waals surface area contributed by atoms with Gasteiger partial charge in [-0.3, -0.25) is 4.79 Å². The Morgan fingerprint density at radius 1 is 1.67 bits per heavy atom. The van der Waals surface area contributed by atoms with Crippen molar-refractivity contribution in [1.82, 2.24) is 9.71 Å². The SMILES string of the molecule is CC(CC(=O)O)NS(=O)(=O)c1cc[nH]c1. The van der Waals surface area contributed by atoms with Gasteiger partial charge in [0.1, 0.15) is 0 Å². The summed E-state index contributed by atoms with van der Waals surface area (Å²) in [6.45, 7) is 1.50. The quantitative estimate of drug-likeness (QED) is 0.673. The molecular weight excluding hydrogens is 220 g/mol. The van der Waals surface area contributed by atoms with Gasteiger partial charge in [-0.2, -0.15) is 0 Å². The molecule has 1 unspecified atom stereocenters. The Kier molecular flexibility index (Phi) is 3.48. The summed E-state index contributed by atoms with van der Waals surface area (Å²) >= 11 is 0. The van der Waals surface area contributed by atoms with Gasteiger partial charge in [-0.05, 0) is 13.0 Å². The molecule has 0 saturated heterocycles. The molecule has 15 heavy (non-hydrogen) atoms. The minimum Gasteiger partial charge on any atom is -0.481 e. The van der Waals surface area contributed by atoms with Crippen molar-refractivity contribution in [3.05, 3.63) is 18.5 Å². The Labute approximate surface area is 87.4 Å². The molecule has 1 aromatic heterocycles. The normalized spacial score (nSPS) is 13.7. The van der Waals surface area contributed by atoms with Crippen LogP contribution in [0.1, 0.15) is 13.3 Å². The van der Waals surface area contributed by atoms with E-state index < -0.39 is 22.0 Å². The van der Waals surface area contributed by atoms with Gasteiger partial charge in [-0.1, -0.05) is 0 Å². The number of sulfonamides is 1. The standard InChI is InChI=1S/C8H12N2O4S/c1-6(4-8(11)12)10-15(13,14)7-2-3-9-5-7/h2-3,5-6,9-10H,4H2,1H3,(H,11,12). The lowest BCUT2D eigenvalue weighted by Gasteiger charge is -2.10. The molecule has 0 aromatic carbocycles. The van der Waals surface area contributed by atoms with E-state index in [0.717, 1.165) is 0 Å². The molecule has 0 fully saturated rings. The van der Waals surface area contributed by atoms with E-state index >= 15 is 0 Å². The Morgan fingerprint density at radius 3 is 2.80 bits per heavy atom. The number of carbonyl (C=O) groups is 1. The van der Waals surface area contributed by atoms with E-state index in [-0.39, 0.29) is 11.3 Å². The van der Waals surface area contributed by atoms with Crippen LogP contribution in [0.15, 0.2) is 23.4 Å². The van der Waals surface area contributed by atoms with Gasteiger partial charge in [0, 0.05) is 18.4 Å². The van der Waals surface area contributed by atoms with E-state index in [1.54, 1.807) is 0 Å². The van der Waals surface area contributed by atoms with Gasteiger partial charge in [0.05, 0.1) is 11.3 Å². The van der Waals surface area contributed by atoms with Crippen LogP contribution in [0.25, 0.3) is 0 Å². The lowest BCUT2D eigenvalue weighted by atomic mass is 10.3. The fraction of sp³-hybridized carbons (Fsp3) is 0.375. The van der Waals surface area contributed by atoms with Crippen LogP contribution in [0.3, 0.4) is 0 Å². The second kappa shape index (κ2) is 4.45. The Balaban J connectivity index is 2.69. The lowest BCUT2D eigenvalue weighted by Crippen LogP contribution is -2.33. The van der Waals surface area contributed by atoms with E-state index in [0.29, 0.717) is 0 Å². The van der Waals surface area contributed by atoms with Crippen LogP contribution in [-0.2, 0) is 14.8 Å². The van der Waals surface area contributed by atoms with Crippen molar-refractivity contribution in [3.8, 4) is 0 Å². The van der Waals surface area contributed by atoms with Gasteiger partial charge in [-0.25, -0.2) is 13.1 Å². The molecule has 0 bridgehead atoms. The van der Waals surface area contributed by atoms with Crippen molar-refractivity contribution in [2.24, 2.45) is 0 Å². The minimum absolute atomic E-state index is 0.0970. The van der Waals surface area contributed by atoms with Gasteiger partial charge in [0.2, 0.25) is 10.0 Å². The molecule has 0 radical (unpaired) electrons. The third-order valence-corrected chi connectivity index (χ3v) is 3.30. The average molecular weight is 232 g/mol. The molecule has 7 heteroatoms. The van der Waals surface area contributed by atoms with E-state index in [2.05, 4.69) is 9.71 Å². The Hall–Kier alpha value is -1.34. The Morgan fingerprint density at radius 2 is 2.33 bits per heavy atom. The fourth-order valence-corrected chi connectivity index (χ4v) is 2.33. The number of H-pyrrole nitrogens is 1. The smallest absolute Gasteiger partial charge is 0.304 e. The van der Waals surface area contributed by atoms with Crippen LogP contribution in [0.5, 0.6) is 0 Å². The number of aliphatic carboxylic acids is 1. The van der Waals surface area contributed by atoms with Gasteiger partial charge < -0.3 is 10.1 Å². The van der Waals surface area contributed by atoms with E-state index in [1.165, 1.54) is 25.4 Å². The van der Waals surface area contributed by atoms with Gasteiger partial charge in [0.15, 0.2) is 0 Å². The van der Waals surface area contributed by atoms with Crippen molar-refractivity contribution >= 4 is 16.0 Å². The zero-order valence-corrected chi connectivity index (χ0v) is 8.91. The van der Waals surface area contributed by atoms with Crippen LogP contribution in [0.2, 0.25) is 0 Å². The molecule has 1 rings (SSSR count). The number of rotatable bonds is 5.